The van der Waals surface area contributed by atoms with Crippen molar-refractivity contribution < 1.29 is 13.9 Å². The summed E-state index contributed by atoms with van der Waals surface area (Å²) in [6.45, 7) is 4.01. The average Bonchev–Trinajstić information content (AvgIpc) is 3.37. The maximum absolute atomic E-state index is 12.5. The third kappa shape index (κ3) is 4.17. The number of furan rings is 1. The molecule has 0 spiro atoms. The lowest BCUT2D eigenvalue weighted by atomic mass is 10.0. The second-order valence-corrected chi connectivity index (χ2v) is 7.24. The van der Waals surface area contributed by atoms with Gasteiger partial charge in [0.05, 0.1) is 12.4 Å². The second kappa shape index (κ2) is 8.06. The molecular formula is C21H26N2O3. The highest BCUT2D eigenvalue weighted by atomic mass is 16.5. The highest BCUT2D eigenvalue weighted by Crippen LogP contribution is 2.21. The molecule has 2 aliphatic heterocycles. The minimum atomic E-state index is 0.00794. The van der Waals surface area contributed by atoms with Crippen LogP contribution in [0, 0.1) is 0 Å². The molecule has 0 bridgehead atoms. The Balaban J connectivity index is 1.26. The summed E-state index contributed by atoms with van der Waals surface area (Å²) < 4.78 is 11.1. The SMILES string of the molecule is O=C(NC1CCN(C[C@@H]2CCCO2)CC1)c1ccc(-c2ccco2)cc1. The summed E-state index contributed by atoms with van der Waals surface area (Å²) in [4.78, 5) is 15.0. The van der Waals surface area contributed by atoms with Crippen LogP contribution < -0.4 is 5.32 Å². The lowest BCUT2D eigenvalue weighted by molar-refractivity contribution is 0.0613. The van der Waals surface area contributed by atoms with Crippen LogP contribution in [0.3, 0.4) is 0 Å². The van der Waals surface area contributed by atoms with Gasteiger partial charge in [0, 0.05) is 43.4 Å². The van der Waals surface area contributed by atoms with Crippen LogP contribution in [0.15, 0.2) is 47.1 Å². The van der Waals surface area contributed by atoms with Crippen molar-refractivity contribution in [1.82, 2.24) is 10.2 Å². The summed E-state index contributed by atoms with van der Waals surface area (Å²) in [5.41, 5.74) is 1.68. The predicted octanol–water partition coefficient (Wildman–Crippen LogP) is 3.32. The van der Waals surface area contributed by atoms with E-state index in [1.807, 2.05) is 36.4 Å². The number of amides is 1. The molecule has 2 aromatic rings. The van der Waals surface area contributed by atoms with E-state index in [9.17, 15) is 4.79 Å². The first-order valence-electron chi connectivity index (χ1n) is 9.57. The van der Waals surface area contributed by atoms with Gasteiger partial charge in [0.15, 0.2) is 0 Å². The predicted molar refractivity (Wildman–Crippen MR) is 100 cm³/mol. The molecule has 2 aliphatic rings. The fourth-order valence-corrected chi connectivity index (χ4v) is 3.83. The Morgan fingerprint density at radius 2 is 1.92 bits per heavy atom. The molecule has 1 atom stereocenters. The standard InChI is InChI=1S/C21H26N2O3/c24-21(17-7-5-16(6-8-17)20-4-2-14-26-20)22-18-9-11-23(12-10-18)15-19-3-1-13-25-19/h2,4-8,14,18-19H,1,3,9-13,15H2,(H,22,24)/t19-/m0/s1. The number of ether oxygens (including phenoxy) is 1. The van der Waals surface area contributed by atoms with Gasteiger partial charge in [0.2, 0.25) is 0 Å². The minimum absolute atomic E-state index is 0.00794. The summed E-state index contributed by atoms with van der Waals surface area (Å²) in [6, 6.07) is 11.6. The molecule has 0 unspecified atom stereocenters. The van der Waals surface area contributed by atoms with Gasteiger partial charge in [-0.1, -0.05) is 12.1 Å². The number of rotatable bonds is 5. The first-order valence-corrected chi connectivity index (χ1v) is 9.57. The number of benzene rings is 1. The highest BCUT2D eigenvalue weighted by Gasteiger charge is 2.24. The van der Waals surface area contributed by atoms with Crippen LogP contribution in [0.2, 0.25) is 0 Å². The molecule has 0 saturated carbocycles. The molecule has 3 heterocycles. The van der Waals surface area contributed by atoms with Gasteiger partial charge in [-0.2, -0.15) is 0 Å². The van der Waals surface area contributed by atoms with E-state index in [0.717, 1.165) is 50.4 Å². The van der Waals surface area contributed by atoms with Crippen LogP contribution in [0.4, 0.5) is 0 Å². The molecule has 0 aliphatic carbocycles. The fraction of sp³-hybridized carbons (Fsp3) is 0.476. The van der Waals surface area contributed by atoms with Crippen LogP contribution in [-0.2, 0) is 4.74 Å². The lowest BCUT2D eigenvalue weighted by Crippen LogP contribution is -2.46. The van der Waals surface area contributed by atoms with Gasteiger partial charge in [0.1, 0.15) is 5.76 Å². The molecule has 1 amide bonds. The number of piperidine rings is 1. The summed E-state index contributed by atoms with van der Waals surface area (Å²) in [6.07, 6.45) is 6.45. The topological polar surface area (TPSA) is 54.7 Å². The number of carbonyl (C=O) groups is 1. The minimum Gasteiger partial charge on any atom is -0.464 e. The molecule has 1 aromatic carbocycles. The Hall–Kier alpha value is -2.11. The molecule has 1 N–H and O–H groups in total. The Morgan fingerprint density at radius 1 is 1.12 bits per heavy atom. The van der Waals surface area contributed by atoms with Crippen LogP contribution in [0.25, 0.3) is 11.3 Å². The van der Waals surface area contributed by atoms with E-state index in [-0.39, 0.29) is 11.9 Å². The number of hydrogen-bond donors (Lipinski definition) is 1. The van der Waals surface area contributed by atoms with Crippen LogP contribution in [0.1, 0.15) is 36.0 Å². The smallest absolute Gasteiger partial charge is 0.251 e. The number of carbonyl (C=O) groups excluding carboxylic acids is 1. The molecule has 5 heteroatoms. The maximum atomic E-state index is 12.5. The summed E-state index contributed by atoms with van der Waals surface area (Å²) in [7, 11) is 0. The summed E-state index contributed by atoms with van der Waals surface area (Å²) in [5.74, 6) is 0.823. The largest absolute Gasteiger partial charge is 0.464 e. The zero-order chi connectivity index (χ0) is 17.8. The van der Waals surface area contributed by atoms with Gasteiger partial charge in [-0.3, -0.25) is 4.79 Å². The van der Waals surface area contributed by atoms with Crippen molar-refractivity contribution in [3.63, 3.8) is 0 Å². The van der Waals surface area contributed by atoms with Gasteiger partial charge >= 0.3 is 0 Å². The van der Waals surface area contributed by atoms with Crippen molar-refractivity contribution in [3.05, 3.63) is 48.2 Å². The molecule has 2 saturated heterocycles. The van der Waals surface area contributed by atoms with Gasteiger partial charge in [-0.15, -0.1) is 0 Å². The van der Waals surface area contributed by atoms with Gasteiger partial charge in [0.25, 0.3) is 5.91 Å². The lowest BCUT2D eigenvalue weighted by Gasteiger charge is -2.33. The molecule has 0 radical (unpaired) electrons. The molecule has 26 heavy (non-hydrogen) atoms. The van der Waals surface area contributed by atoms with Gasteiger partial charge in [-0.25, -0.2) is 0 Å². The highest BCUT2D eigenvalue weighted by molar-refractivity contribution is 5.94. The van der Waals surface area contributed by atoms with Crippen molar-refractivity contribution in [2.75, 3.05) is 26.2 Å². The van der Waals surface area contributed by atoms with Crippen molar-refractivity contribution in [2.45, 2.75) is 37.8 Å². The van der Waals surface area contributed by atoms with Gasteiger partial charge in [-0.05, 0) is 49.9 Å². The van der Waals surface area contributed by atoms with Crippen molar-refractivity contribution in [2.24, 2.45) is 0 Å². The normalized spacial score (nSPS) is 21.8. The van der Waals surface area contributed by atoms with Gasteiger partial charge < -0.3 is 19.4 Å². The average molecular weight is 354 g/mol. The molecular weight excluding hydrogens is 328 g/mol. The number of hydrogen-bond acceptors (Lipinski definition) is 4. The first-order chi connectivity index (χ1) is 12.8. The molecule has 2 fully saturated rings. The molecule has 1 aromatic heterocycles. The van der Waals surface area contributed by atoms with E-state index in [1.54, 1.807) is 6.26 Å². The van der Waals surface area contributed by atoms with E-state index < -0.39 is 0 Å². The first kappa shape index (κ1) is 17.3. The Bertz CT molecular complexity index is 697. The van der Waals surface area contributed by atoms with E-state index in [2.05, 4.69) is 10.2 Å². The molecule has 138 valence electrons. The zero-order valence-corrected chi connectivity index (χ0v) is 15.0. The summed E-state index contributed by atoms with van der Waals surface area (Å²) >= 11 is 0. The Labute approximate surface area is 154 Å². The zero-order valence-electron chi connectivity index (χ0n) is 15.0. The van der Waals surface area contributed by atoms with E-state index in [4.69, 9.17) is 9.15 Å². The number of likely N-dealkylation sites (tertiary alicyclic amines) is 1. The Kier molecular flexibility index (Phi) is 5.37. The third-order valence-electron chi connectivity index (χ3n) is 5.36. The van der Waals surface area contributed by atoms with Crippen molar-refractivity contribution in [3.8, 4) is 11.3 Å². The monoisotopic (exact) mass is 354 g/mol. The quantitative estimate of drug-likeness (QED) is 0.895. The number of nitrogens with zero attached hydrogens (tertiary/aromatic N) is 1. The van der Waals surface area contributed by atoms with Crippen molar-refractivity contribution in [1.29, 1.82) is 0 Å². The van der Waals surface area contributed by atoms with Crippen LogP contribution in [-0.4, -0.2) is 49.2 Å². The number of nitrogens with one attached hydrogen (secondary N) is 1. The summed E-state index contributed by atoms with van der Waals surface area (Å²) in [5, 5.41) is 3.18. The van der Waals surface area contributed by atoms with Crippen molar-refractivity contribution >= 4 is 5.91 Å². The third-order valence-corrected chi connectivity index (χ3v) is 5.36. The van der Waals surface area contributed by atoms with E-state index in [1.165, 1.54) is 12.8 Å². The second-order valence-electron chi connectivity index (χ2n) is 7.24. The molecule has 5 nitrogen and oxygen atoms in total. The maximum Gasteiger partial charge on any atom is 0.251 e. The van der Waals surface area contributed by atoms with Crippen LogP contribution >= 0.6 is 0 Å². The molecule has 4 rings (SSSR count). The van der Waals surface area contributed by atoms with E-state index >= 15 is 0 Å². The fourth-order valence-electron chi connectivity index (χ4n) is 3.83. The van der Waals surface area contributed by atoms with Crippen LogP contribution in [0.5, 0.6) is 0 Å². The Morgan fingerprint density at radius 3 is 2.58 bits per heavy atom. The van der Waals surface area contributed by atoms with E-state index in [0.29, 0.717) is 11.7 Å².